The molecule has 0 amide bonds. The van der Waals surface area contributed by atoms with E-state index in [2.05, 4.69) is 43.3 Å². The third kappa shape index (κ3) is 2.52. The summed E-state index contributed by atoms with van der Waals surface area (Å²) in [7, 11) is 0. The molecule has 0 N–H and O–H groups in total. The van der Waals surface area contributed by atoms with Crippen LogP contribution in [0.5, 0.6) is 0 Å². The average molecular weight is 181 g/mol. The van der Waals surface area contributed by atoms with Gasteiger partial charge in [-0.3, -0.25) is 4.98 Å². The predicted octanol–water partition coefficient (Wildman–Crippen LogP) is 3.07. The van der Waals surface area contributed by atoms with E-state index in [0.717, 1.165) is 5.75 Å². The fraction of sp³-hybridized carbons (Fsp3) is 0.500. The van der Waals surface area contributed by atoms with Crippen LogP contribution in [0.3, 0.4) is 0 Å². The molecule has 0 aromatic carbocycles. The number of hydrogen-bond acceptors (Lipinski definition) is 2. The predicted molar refractivity (Wildman–Crippen MR) is 55.5 cm³/mol. The van der Waals surface area contributed by atoms with E-state index in [1.165, 1.54) is 11.4 Å². The lowest BCUT2D eigenvalue weighted by atomic mass is 10.1. The molecule has 0 bridgehead atoms. The minimum Gasteiger partial charge on any atom is -0.257 e. The molecule has 12 heavy (non-hydrogen) atoms. The van der Waals surface area contributed by atoms with Crippen LogP contribution in [0.15, 0.2) is 18.2 Å². The molecular formula is C10H15NS. The Balaban J connectivity index is 2.81. The Bertz CT molecular complexity index is 245. The molecule has 1 aromatic heterocycles. The van der Waals surface area contributed by atoms with Crippen LogP contribution in [-0.4, -0.2) is 11.2 Å². The summed E-state index contributed by atoms with van der Waals surface area (Å²) < 4.78 is 0. The number of nitrogens with zero attached hydrogens (tertiary/aromatic N) is 1. The molecule has 0 aliphatic rings. The highest BCUT2D eigenvalue weighted by molar-refractivity contribution is 7.97. The van der Waals surface area contributed by atoms with E-state index in [4.69, 9.17) is 0 Å². The first-order valence-corrected chi connectivity index (χ1v) is 5.58. The molecule has 1 nitrogen and oxygen atoms in total. The molecule has 0 aliphatic heterocycles. The van der Waals surface area contributed by atoms with Crippen molar-refractivity contribution in [3.05, 3.63) is 29.6 Å². The Morgan fingerprint density at radius 1 is 1.42 bits per heavy atom. The van der Waals surface area contributed by atoms with E-state index >= 15 is 0 Å². The topological polar surface area (TPSA) is 12.9 Å². The molecule has 0 saturated carbocycles. The lowest BCUT2D eigenvalue weighted by molar-refractivity contribution is 0.814. The van der Waals surface area contributed by atoms with Crippen LogP contribution in [0.4, 0.5) is 0 Å². The van der Waals surface area contributed by atoms with Gasteiger partial charge in [0.1, 0.15) is 0 Å². The molecule has 0 saturated heterocycles. The van der Waals surface area contributed by atoms with Gasteiger partial charge in [-0.15, -0.1) is 0 Å². The fourth-order valence-corrected chi connectivity index (χ4v) is 1.50. The summed E-state index contributed by atoms with van der Waals surface area (Å²) in [5, 5.41) is 0. The van der Waals surface area contributed by atoms with Gasteiger partial charge in [0, 0.05) is 11.4 Å². The second-order valence-electron chi connectivity index (χ2n) is 3.14. The van der Waals surface area contributed by atoms with Crippen molar-refractivity contribution in [2.75, 3.05) is 6.26 Å². The highest BCUT2D eigenvalue weighted by atomic mass is 32.2. The highest BCUT2D eigenvalue weighted by Gasteiger charge is 2.00. The first-order valence-electron chi connectivity index (χ1n) is 4.19. The summed E-state index contributed by atoms with van der Waals surface area (Å²) in [5.74, 6) is 1.55. The molecule has 0 unspecified atom stereocenters. The summed E-state index contributed by atoms with van der Waals surface area (Å²) in [6.07, 6.45) is 2.10. The highest BCUT2D eigenvalue weighted by Crippen LogP contribution is 2.13. The van der Waals surface area contributed by atoms with Gasteiger partial charge in [-0.1, -0.05) is 19.9 Å². The van der Waals surface area contributed by atoms with Crippen LogP contribution in [0.25, 0.3) is 0 Å². The van der Waals surface area contributed by atoms with Crippen LogP contribution < -0.4 is 0 Å². The zero-order chi connectivity index (χ0) is 8.97. The maximum absolute atomic E-state index is 4.54. The zero-order valence-electron chi connectivity index (χ0n) is 7.87. The van der Waals surface area contributed by atoms with Gasteiger partial charge in [0.05, 0.1) is 5.69 Å². The molecule has 0 radical (unpaired) electrons. The van der Waals surface area contributed by atoms with Crippen LogP contribution in [0, 0.1) is 0 Å². The van der Waals surface area contributed by atoms with Gasteiger partial charge >= 0.3 is 0 Å². The summed E-state index contributed by atoms with van der Waals surface area (Å²) in [4.78, 5) is 4.54. The van der Waals surface area contributed by atoms with E-state index in [-0.39, 0.29) is 0 Å². The summed E-state index contributed by atoms with van der Waals surface area (Å²) in [5.41, 5.74) is 2.38. The van der Waals surface area contributed by atoms with Crippen molar-refractivity contribution in [2.45, 2.75) is 25.5 Å². The second kappa shape index (κ2) is 4.51. The number of hydrogen-bond donors (Lipinski definition) is 0. The quantitative estimate of drug-likeness (QED) is 0.710. The van der Waals surface area contributed by atoms with Crippen LogP contribution in [0.2, 0.25) is 0 Å². The van der Waals surface area contributed by atoms with E-state index < -0.39 is 0 Å². The van der Waals surface area contributed by atoms with Crippen molar-refractivity contribution >= 4 is 11.8 Å². The molecule has 0 atom stereocenters. The third-order valence-corrected chi connectivity index (χ3v) is 2.30. The number of rotatable bonds is 3. The van der Waals surface area contributed by atoms with E-state index in [1.54, 1.807) is 0 Å². The number of aromatic nitrogens is 1. The molecular weight excluding hydrogens is 166 g/mol. The van der Waals surface area contributed by atoms with Gasteiger partial charge in [-0.2, -0.15) is 11.8 Å². The van der Waals surface area contributed by atoms with Gasteiger partial charge in [0.15, 0.2) is 0 Å². The molecule has 0 aliphatic carbocycles. The van der Waals surface area contributed by atoms with Crippen molar-refractivity contribution in [2.24, 2.45) is 0 Å². The Morgan fingerprint density at radius 3 is 2.75 bits per heavy atom. The van der Waals surface area contributed by atoms with Crippen LogP contribution >= 0.6 is 11.8 Å². The Hall–Kier alpha value is -0.500. The zero-order valence-corrected chi connectivity index (χ0v) is 8.69. The minimum atomic E-state index is 0.534. The first kappa shape index (κ1) is 9.59. The summed E-state index contributed by atoms with van der Waals surface area (Å²) in [6, 6.07) is 6.27. The molecule has 1 heterocycles. The van der Waals surface area contributed by atoms with Crippen molar-refractivity contribution in [3.8, 4) is 0 Å². The maximum atomic E-state index is 4.54. The van der Waals surface area contributed by atoms with Crippen molar-refractivity contribution in [1.82, 2.24) is 4.98 Å². The van der Waals surface area contributed by atoms with Gasteiger partial charge in [-0.05, 0) is 24.3 Å². The van der Waals surface area contributed by atoms with Crippen molar-refractivity contribution in [3.63, 3.8) is 0 Å². The van der Waals surface area contributed by atoms with Gasteiger partial charge in [-0.25, -0.2) is 0 Å². The SMILES string of the molecule is CSCc1cccc(C(C)C)n1. The lowest BCUT2D eigenvalue weighted by Crippen LogP contribution is -1.95. The van der Waals surface area contributed by atoms with E-state index in [1.807, 2.05) is 11.8 Å². The standard InChI is InChI=1S/C10H15NS/c1-8(2)10-6-4-5-9(11-10)7-12-3/h4-6,8H,7H2,1-3H3. The first-order chi connectivity index (χ1) is 5.74. The van der Waals surface area contributed by atoms with Crippen LogP contribution in [0.1, 0.15) is 31.2 Å². The Morgan fingerprint density at radius 2 is 2.17 bits per heavy atom. The van der Waals surface area contributed by atoms with Crippen LogP contribution in [-0.2, 0) is 5.75 Å². The Kier molecular flexibility index (Phi) is 3.60. The third-order valence-electron chi connectivity index (χ3n) is 1.71. The van der Waals surface area contributed by atoms with E-state index in [9.17, 15) is 0 Å². The summed E-state index contributed by atoms with van der Waals surface area (Å²) in [6.45, 7) is 4.34. The monoisotopic (exact) mass is 181 g/mol. The molecule has 66 valence electrons. The maximum Gasteiger partial charge on any atom is 0.0505 e. The molecule has 1 aromatic rings. The average Bonchev–Trinajstić information content (AvgIpc) is 2.05. The second-order valence-corrected chi connectivity index (χ2v) is 4.01. The number of pyridine rings is 1. The molecule has 2 heteroatoms. The van der Waals surface area contributed by atoms with Crippen molar-refractivity contribution in [1.29, 1.82) is 0 Å². The summed E-state index contributed by atoms with van der Waals surface area (Å²) >= 11 is 1.81. The van der Waals surface area contributed by atoms with Gasteiger partial charge < -0.3 is 0 Å². The molecule has 1 rings (SSSR count). The normalized spacial score (nSPS) is 10.7. The van der Waals surface area contributed by atoms with Gasteiger partial charge in [0.25, 0.3) is 0 Å². The lowest BCUT2D eigenvalue weighted by Gasteiger charge is -2.05. The largest absolute Gasteiger partial charge is 0.257 e. The molecule has 0 spiro atoms. The van der Waals surface area contributed by atoms with Gasteiger partial charge in [0.2, 0.25) is 0 Å². The van der Waals surface area contributed by atoms with Crippen molar-refractivity contribution < 1.29 is 0 Å². The Labute approximate surface area is 78.6 Å². The number of thioether (sulfide) groups is 1. The van der Waals surface area contributed by atoms with E-state index in [0.29, 0.717) is 5.92 Å². The smallest absolute Gasteiger partial charge is 0.0505 e. The minimum absolute atomic E-state index is 0.534. The molecule has 0 fully saturated rings. The fourth-order valence-electron chi connectivity index (χ4n) is 1.05.